The molecule has 1 amide bonds. The Labute approximate surface area is 200 Å². The lowest BCUT2D eigenvalue weighted by Crippen LogP contribution is -2.29. The van der Waals surface area contributed by atoms with E-state index in [-0.39, 0.29) is 36.4 Å². The van der Waals surface area contributed by atoms with Gasteiger partial charge in [-0.3, -0.25) is 18.6 Å². The van der Waals surface area contributed by atoms with Crippen LogP contribution in [0.15, 0.2) is 23.0 Å². The molecule has 0 aliphatic carbocycles. The van der Waals surface area contributed by atoms with Crippen molar-refractivity contribution in [3.05, 3.63) is 39.1 Å². The van der Waals surface area contributed by atoms with E-state index in [1.165, 1.54) is 22.8 Å². The largest absolute Gasteiger partial charge is 0.379 e. The molecular weight excluding hydrogens is 467 g/mol. The van der Waals surface area contributed by atoms with Crippen LogP contribution >= 0.6 is 12.2 Å². The Morgan fingerprint density at radius 3 is 2.59 bits per heavy atom. The summed E-state index contributed by atoms with van der Waals surface area (Å²) < 4.78 is 32.9. The Morgan fingerprint density at radius 1 is 1.15 bits per heavy atom. The van der Waals surface area contributed by atoms with Crippen LogP contribution in [0.3, 0.4) is 0 Å². The summed E-state index contributed by atoms with van der Waals surface area (Å²) in [6, 6.07) is 3.96. The lowest BCUT2D eigenvalue weighted by atomic mass is 10.2. The number of H-pyrrole nitrogens is 1. The SMILES string of the molecule is NCCOCCOCCOCCC(=O)NCCCn1c(=O)c2cc(F)ccc2n2c(=S)[nH]nc12. The molecule has 0 radical (unpaired) electrons. The Balaban J connectivity index is 1.41. The van der Waals surface area contributed by atoms with E-state index in [2.05, 4.69) is 15.5 Å². The van der Waals surface area contributed by atoms with Crippen molar-refractivity contribution in [1.29, 1.82) is 0 Å². The predicted octanol–water partition coefficient (Wildman–Crippen LogP) is 0.751. The van der Waals surface area contributed by atoms with E-state index < -0.39 is 5.82 Å². The summed E-state index contributed by atoms with van der Waals surface area (Å²) >= 11 is 5.26. The van der Waals surface area contributed by atoms with Gasteiger partial charge in [0.1, 0.15) is 5.82 Å². The number of aryl methyl sites for hydroxylation is 1. The first-order valence-corrected chi connectivity index (χ1v) is 11.4. The van der Waals surface area contributed by atoms with Gasteiger partial charge in [-0.1, -0.05) is 0 Å². The highest BCUT2D eigenvalue weighted by Gasteiger charge is 2.14. The zero-order valence-electron chi connectivity index (χ0n) is 18.8. The van der Waals surface area contributed by atoms with E-state index in [0.717, 1.165) is 0 Å². The number of aromatic nitrogens is 4. The first-order valence-electron chi connectivity index (χ1n) is 11.0. The highest BCUT2D eigenvalue weighted by molar-refractivity contribution is 7.71. The molecule has 4 N–H and O–H groups in total. The van der Waals surface area contributed by atoms with Crippen molar-refractivity contribution in [2.75, 3.05) is 52.7 Å². The van der Waals surface area contributed by atoms with Crippen LogP contribution in [0, 0.1) is 10.6 Å². The summed E-state index contributed by atoms with van der Waals surface area (Å²) in [6.07, 6.45) is 0.691. The average molecular weight is 497 g/mol. The molecule has 11 nitrogen and oxygen atoms in total. The smallest absolute Gasteiger partial charge is 0.262 e. The van der Waals surface area contributed by atoms with Gasteiger partial charge in [0, 0.05) is 26.1 Å². The van der Waals surface area contributed by atoms with E-state index in [1.807, 2.05) is 0 Å². The second-order valence-corrected chi connectivity index (χ2v) is 7.75. The molecule has 0 unspecified atom stereocenters. The second-order valence-electron chi connectivity index (χ2n) is 7.36. The Kier molecular flexibility index (Phi) is 10.1. The minimum absolute atomic E-state index is 0.156. The molecule has 34 heavy (non-hydrogen) atoms. The minimum Gasteiger partial charge on any atom is -0.379 e. The first-order chi connectivity index (χ1) is 16.5. The molecule has 0 bridgehead atoms. The molecule has 1 aromatic carbocycles. The van der Waals surface area contributed by atoms with Crippen molar-refractivity contribution in [3.8, 4) is 0 Å². The maximum Gasteiger partial charge on any atom is 0.262 e. The number of nitrogens with one attached hydrogen (secondary N) is 2. The van der Waals surface area contributed by atoms with E-state index in [4.69, 9.17) is 32.2 Å². The lowest BCUT2D eigenvalue weighted by Gasteiger charge is -2.11. The summed E-state index contributed by atoms with van der Waals surface area (Å²) in [7, 11) is 0. The molecule has 0 saturated carbocycles. The van der Waals surface area contributed by atoms with Gasteiger partial charge in [0.2, 0.25) is 16.5 Å². The van der Waals surface area contributed by atoms with Gasteiger partial charge in [-0.05, 0) is 36.8 Å². The number of benzene rings is 1. The van der Waals surface area contributed by atoms with Gasteiger partial charge >= 0.3 is 0 Å². The van der Waals surface area contributed by atoms with Gasteiger partial charge in [0.05, 0.1) is 50.5 Å². The number of hydrogen-bond acceptors (Lipinski definition) is 8. The minimum atomic E-state index is -0.511. The molecule has 0 saturated heterocycles. The van der Waals surface area contributed by atoms with Crippen LogP contribution in [0.25, 0.3) is 16.7 Å². The van der Waals surface area contributed by atoms with Crippen molar-refractivity contribution in [2.24, 2.45) is 5.73 Å². The third kappa shape index (κ3) is 6.90. The van der Waals surface area contributed by atoms with E-state index in [1.54, 1.807) is 4.40 Å². The Bertz CT molecular complexity index is 1210. The molecule has 13 heteroatoms. The number of nitrogens with two attached hydrogens (primary N) is 1. The predicted molar refractivity (Wildman–Crippen MR) is 126 cm³/mol. The summed E-state index contributed by atoms with van der Waals surface area (Å²) in [6.45, 7) is 3.67. The number of rotatable bonds is 15. The van der Waals surface area contributed by atoms with Gasteiger partial charge in [-0.2, -0.15) is 0 Å². The highest BCUT2D eigenvalue weighted by atomic mass is 32.1. The molecule has 0 aliphatic heterocycles. The number of nitrogens with zero attached hydrogens (tertiary/aromatic N) is 3. The maximum absolute atomic E-state index is 13.7. The number of carbonyl (C=O) groups is 1. The van der Waals surface area contributed by atoms with Crippen LogP contribution in [0.5, 0.6) is 0 Å². The van der Waals surface area contributed by atoms with Crippen LogP contribution in [0.2, 0.25) is 0 Å². The van der Waals surface area contributed by atoms with Crippen LogP contribution in [-0.2, 0) is 25.5 Å². The van der Waals surface area contributed by atoms with E-state index >= 15 is 0 Å². The molecule has 2 heterocycles. The van der Waals surface area contributed by atoms with Crippen molar-refractivity contribution < 1.29 is 23.4 Å². The van der Waals surface area contributed by atoms with Gasteiger partial charge in [0.25, 0.3) is 5.56 Å². The normalized spacial score (nSPS) is 11.5. The van der Waals surface area contributed by atoms with Crippen LogP contribution < -0.4 is 16.6 Å². The number of aromatic amines is 1. The molecule has 0 atom stereocenters. The Morgan fingerprint density at radius 2 is 1.85 bits per heavy atom. The molecular formula is C21H29FN6O5S. The van der Waals surface area contributed by atoms with Gasteiger partial charge in [0.15, 0.2) is 0 Å². The van der Waals surface area contributed by atoms with E-state index in [9.17, 15) is 14.0 Å². The van der Waals surface area contributed by atoms with Gasteiger partial charge in [-0.15, -0.1) is 5.10 Å². The fraction of sp³-hybridized carbons (Fsp3) is 0.524. The fourth-order valence-corrected chi connectivity index (χ4v) is 3.57. The average Bonchev–Trinajstić information content (AvgIpc) is 3.21. The Hall–Kier alpha value is -2.71. The van der Waals surface area contributed by atoms with Gasteiger partial charge < -0.3 is 25.3 Å². The molecule has 3 rings (SSSR count). The monoisotopic (exact) mass is 496 g/mol. The van der Waals surface area contributed by atoms with Crippen LogP contribution in [0.4, 0.5) is 4.39 Å². The second kappa shape index (κ2) is 13.2. The summed E-state index contributed by atoms with van der Waals surface area (Å²) in [5.41, 5.74) is 5.42. The van der Waals surface area contributed by atoms with Crippen LogP contribution in [0.1, 0.15) is 12.8 Å². The standard InChI is InChI=1S/C21H29FN6O5S/c22-15-2-3-17-16(14-15)19(30)27(20-25-26-21(34)28(17)20)7-1-6-24-18(29)4-8-31-10-12-33-13-11-32-9-5-23/h2-3,14H,1,4-13,23H2,(H,24,29)(H,26,34). The molecule has 0 fully saturated rings. The number of fused-ring (bicyclic) bond motifs is 3. The molecule has 3 aromatic rings. The lowest BCUT2D eigenvalue weighted by molar-refractivity contribution is -0.122. The van der Waals surface area contributed by atoms with E-state index in [0.29, 0.717) is 68.6 Å². The molecule has 186 valence electrons. The molecule has 0 aliphatic rings. The van der Waals surface area contributed by atoms with Crippen molar-refractivity contribution in [2.45, 2.75) is 19.4 Å². The van der Waals surface area contributed by atoms with Crippen LogP contribution in [-0.4, -0.2) is 77.8 Å². The summed E-state index contributed by atoms with van der Waals surface area (Å²) in [4.78, 5) is 24.9. The maximum atomic E-state index is 13.7. The number of amides is 1. The third-order valence-electron chi connectivity index (χ3n) is 4.93. The summed E-state index contributed by atoms with van der Waals surface area (Å²) in [5, 5.41) is 9.82. The highest BCUT2D eigenvalue weighted by Crippen LogP contribution is 2.14. The number of halogens is 1. The van der Waals surface area contributed by atoms with Crippen molar-refractivity contribution in [1.82, 2.24) is 24.5 Å². The van der Waals surface area contributed by atoms with Crippen molar-refractivity contribution >= 4 is 34.8 Å². The molecule has 2 aromatic heterocycles. The quantitative estimate of drug-likeness (QED) is 0.207. The topological polar surface area (TPSA) is 138 Å². The molecule has 0 spiro atoms. The zero-order valence-corrected chi connectivity index (χ0v) is 19.6. The fourth-order valence-electron chi connectivity index (χ4n) is 3.34. The first kappa shape index (κ1) is 25.9. The number of ether oxygens (including phenoxy) is 3. The zero-order chi connectivity index (χ0) is 24.3. The van der Waals surface area contributed by atoms with Crippen molar-refractivity contribution in [3.63, 3.8) is 0 Å². The number of carbonyl (C=O) groups excluding carboxylic acids is 1. The third-order valence-corrected chi connectivity index (χ3v) is 5.21. The van der Waals surface area contributed by atoms with Gasteiger partial charge in [-0.25, -0.2) is 9.49 Å². The summed E-state index contributed by atoms with van der Waals surface area (Å²) in [5.74, 6) is -0.332. The number of hydrogen-bond donors (Lipinski definition) is 3.